The number of nitrogens with one attached hydrogen (secondary N) is 1. The van der Waals surface area contributed by atoms with E-state index in [0.717, 1.165) is 42.9 Å². The summed E-state index contributed by atoms with van der Waals surface area (Å²) in [4.78, 5) is 28.1. The van der Waals surface area contributed by atoms with Crippen LogP contribution in [-0.4, -0.2) is 62.4 Å². The second-order valence-electron chi connectivity index (χ2n) is 9.29. The minimum Gasteiger partial charge on any atom is -0.492 e. The number of carbonyl (C=O) groups is 2. The number of hydrogen-bond acceptors (Lipinski definition) is 6. The van der Waals surface area contributed by atoms with E-state index in [1.807, 2.05) is 24.5 Å². The van der Waals surface area contributed by atoms with E-state index >= 15 is 0 Å². The average Bonchev–Trinajstić information content (AvgIpc) is 2.83. The lowest BCUT2D eigenvalue weighted by molar-refractivity contribution is -0.146. The molecule has 0 radical (unpaired) electrons. The molecule has 0 atom stereocenters. The fraction of sp³-hybridized carbons (Fsp3) is 0.667. The third-order valence-corrected chi connectivity index (χ3v) is 8.19. The van der Waals surface area contributed by atoms with Gasteiger partial charge in [-0.1, -0.05) is 0 Å². The molecule has 1 saturated carbocycles. The Bertz CT molecular complexity index is 785. The van der Waals surface area contributed by atoms with E-state index < -0.39 is 0 Å². The van der Waals surface area contributed by atoms with Gasteiger partial charge < -0.3 is 19.7 Å². The molecule has 0 spiro atoms. The van der Waals surface area contributed by atoms with Crippen LogP contribution in [0.5, 0.6) is 5.75 Å². The number of piperidine rings is 3. The van der Waals surface area contributed by atoms with Gasteiger partial charge in [0, 0.05) is 21.9 Å². The highest BCUT2D eigenvalue weighted by molar-refractivity contribution is 7.98. The van der Waals surface area contributed by atoms with Crippen LogP contribution >= 0.6 is 11.8 Å². The Hall–Kier alpha value is -1.73. The van der Waals surface area contributed by atoms with E-state index in [-0.39, 0.29) is 23.8 Å². The maximum absolute atomic E-state index is 12.8. The molecule has 6 nitrogen and oxygen atoms in total. The van der Waals surface area contributed by atoms with Gasteiger partial charge in [-0.15, -0.1) is 11.8 Å². The molecule has 3 saturated heterocycles. The molecular weight excluding hydrogens is 412 g/mol. The first-order valence-electron chi connectivity index (χ1n) is 11.4. The molecule has 31 heavy (non-hydrogen) atoms. The molecule has 4 fully saturated rings. The van der Waals surface area contributed by atoms with Gasteiger partial charge in [0.05, 0.1) is 19.6 Å². The highest BCUT2D eigenvalue weighted by Crippen LogP contribution is 2.41. The van der Waals surface area contributed by atoms with Crippen LogP contribution in [0.4, 0.5) is 0 Å². The number of rotatable bonds is 7. The smallest absolute Gasteiger partial charge is 0.308 e. The Balaban J connectivity index is 1.33. The molecule has 1 amide bonds. The van der Waals surface area contributed by atoms with Crippen molar-refractivity contribution in [3.05, 3.63) is 23.8 Å². The molecular formula is C24H34N2O4S. The second-order valence-corrected chi connectivity index (χ2v) is 10.1. The first-order valence-corrected chi connectivity index (χ1v) is 12.7. The van der Waals surface area contributed by atoms with Crippen LogP contribution in [0.25, 0.3) is 0 Å². The van der Waals surface area contributed by atoms with Crippen LogP contribution in [0.1, 0.15) is 55.3 Å². The van der Waals surface area contributed by atoms with Crippen molar-refractivity contribution in [1.82, 2.24) is 10.2 Å². The topological polar surface area (TPSA) is 67.9 Å². The minimum atomic E-state index is -0.136. The van der Waals surface area contributed by atoms with E-state index in [2.05, 4.69) is 10.2 Å². The SMILES string of the molecule is COC(=O)C1CCC(NC(=O)c2ccc(OCC34CCN(CC3)CC4)c(SC)c2)CC1. The largest absolute Gasteiger partial charge is 0.492 e. The van der Waals surface area contributed by atoms with Crippen molar-refractivity contribution in [3.8, 4) is 5.75 Å². The summed E-state index contributed by atoms with van der Waals surface area (Å²) in [6, 6.07) is 5.87. The first kappa shape index (κ1) is 22.5. The molecule has 1 N–H and O–H groups in total. The Kier molecular flexibility index (Phi) is 7.12. The van der Waals surface area contributed by atoms with Crippen LogP contribution in [0.2, 0.25) is 0 Å². The Morgan fingerprint density at radius 3 is 2.42 bits per heavy atom. The maximum atomic E-state index is 12.8. The first-order chi connectivity index (χ1) is 15.0. The molecule has 1 aromatic rings. The number of ether oxygens (including phenoxy) is 2. The number of methoxy groups -OCH3 is 1. The summed E-state index contributed by atoms with van der Waals surface area (Å²) in [5, 5.41) is 3.14. The zero-order valence-electron chi connectivity index (χ0n) is 18.7. The summed E-state index contributed by atoms with van der Waals surface area (Å²) in [6.45, 7) is 4.35. The average molecular weight is 447 g/mol. The van der Waals surface area contributed by atoms with E-state index in [1.54, 1.807) is 11.8 Å². The van der Waals surface area contributed by atoms with Crippen molar-refractivity contribution in [3.63, 3.8) is 0 Å². The fourth-order valence-electron chi connectivity index (χ4n) is 5.18. The van der Waals surface area contributed by atoms with Crippen molar-refractivity contribution >= 4 is 23.6 Å². The van der Waals surface area contributed by atoms with E-state index in [9.17, 15) is 9.59 Å². The summed E-state index contributed by atoms with van der Waals surface area (Å²) in [7, 11) is 1.43. The van der Waals surface area contributed by atoms with E-state index in [0.29, 0.717) is 11.0 Å². The van der Waals surface area contributed by atoms with E-state index in [4.69, 9.17) is 9.47 Å². The molecule has 0 unspecified atom stereocenters. The summed E-state index contributed by atoms with van der Waals surface area (Å²) in [6.07, 6.45) is 8.83. The quantitative estimate of drug-likeness (QED) is 0.508. The molecule has 5 rings (SSSR count). The fourth-order valence-corrected chi connectivity index (χ4v) is 5.75. The van der Waals surface area contributed by atoms with Crippen LogP contribution in [0.15, 0.2) is 23.1 Å². The number of amides is 1. The predicted octanol–water partition coefficient (Wildman–Crippen LogP) is 3.73. The molecule has 3 aliphatic heterocycles. The summed E-state index contributed by atoms with van der Waals surface area (Å²) < 4.78 is 11.1. The van der Waals surface area contributed by atoms with E-state index in [1.165, 1.54) is 46.0 Å². The standard InChI is InChI=1S/C24H34N2O4S/c1-29-23(28)17-3-6-19(7-4-17)25-22(27)18-5-8-20(21(15-18)31-2)30-16-24-9-12-26(13-10-24)14-11-24/h5,8,15,17,19H,3-4,6-7,9-14,16H2,1-2H3,(H,25,27). The Morgan fingerprint density at radius 1 is 1.13 bits per heavy atom. The van der Waals surface area contributed by atoms with Crippen LogP contribution in [0, 0.1) is 11.3 Å². The van der Waals surface area contributed by atoms with Gasteiger partial charge in [-0.25, -0.2) is 0 Å². The predicted molar refractivity (Wildman–Crippen MR) is 122 cm³/mol. The van der Waals surface area contributed by atoms with Gasteiger partial charge in [0.2, 0.25) is 0 Å². The maximum Gasteiger partial charge on any atom is 0.308 e. The Morgan fingerprint density at radius 2 is 1.81 bits per heavy atom. The van der Waals surface area contributed by atoms with Gasteiger partial charge >= 0.3 is 5.97 Å². The third-order valence-electron chi connectivity index (χ3n) is 7.43. The molecule has 3 heterocycles. The summed E-state index contributed by atoms with van der Waals surface area (Å²) in [5.74, 6) is 0.656. The number of thioether (sulfide) groups is 1. The van der Waals surface area contributed by atoms with Crippen molar-refractivity contribution < 1.29 is 19.1 Å². The molecule has 7 heteroatoms. The minimum absolute atomic E-state index is 0.0338. The lowest BCUT2D eigenvalue weighted by Gasteiger charge is -2.48. The third kappa shape index (κ3) is 5.20. The molecule has 170 valence electrons. The van der Waals surface area contributed by atoms with Gasteiger partial charge in [-0.3, -0.25) is 9.59 Å². The van der Waals surface area contributed by atoms with Crippen molar-refractivity contribution in [1.29, 1.82) is 0 Å². The number of nitrogens with zero attached hydrogens (tertiary/aromatic N) is 1. The second kappa shape index (κ2) is 9.82. The highest BCUT2D eigenvalue weighted by atomic mass is 32.2. The number of fused-ring (bicyclic) bond motifs is 3. The highest BCUT2D eigenvalue weighted by Gasteiger charge is 2.40. The molecule has 2 bridgehead atoms. The van der Waals surface area contributed by atoms with Crippen LogP contribution < -0.4 is 10.1 Å². The number of hydrogen-bond donors (Lipinski definition) is 1. The van der Waals surface area contributed by atoms with Crippen molar-refractivity contribution in [2.75, 3.05) is 39.6 Å². The molecule has 1 aliphatic carbocycles. The summed E-state index contributed by atoms with van der Waals surface area (Å²) >= 11 is 1.62. The normalized spacial score (nSPS) is 29.9. The summed E-state index contributed by atoms with van der Waals surface area (Å²) in [5.41, 5.74) is 0.986. The lowest BCUT2D eigenvalue weighted by Crippen LogP contribution is -2.50. The number of carbonyl (C=O) groups excluding carboxylic acids is 2. The molecule has 4 aliphatic rings. The van der Waals surface area contributed by atoms with Gasteiger partial charge in [-0.05, 0) is 89.0 Å². The van der Waals surface area contributed by atoms with Gasteiger partial charge in [0.25, 0.3) is 5.91 Å². The monoisotopic (exact) mass is 446 g/mol. The zero-order valence-corrected chi connectivity index (χ0v) is 19.5. The van der Waals surface area contributed by atoms with Crippen molar-refractivity contribution in [2.45, 2.75) is 55.9 Å². The van der Waals surface area contributed by atoms with Crippen molar-refractivity contribution in [2.24, 2.45) is 11.3 Å². The Labute approximate surface area is 189 Å². The van der Waals surface area contributed by atoms with Gasteiger partial charge in [-0.2, -0.15) is 0 Å². The van der Waals surface area contributed by atoms with Crippen LogP contribution in [-0.2, 0) is 9.53 Å². The van der Waals surface area contributed by atoms with Gasteiger partial charge in [0.15, 0.2) is 0 Å². The number of esters is 1. The molecule has 0 aromatic heterocycles. The lowest BCUT2D eigenvalue weighted by atomic mass is 9.73. The number of benzene rings is 1. The van der Waals surface area contributed by atoms with Gasteiger partial charge in [0.1, 0.15) is 5.75 Å². The zero-order chi connectivity index (χ0) is 21.8. The molecule has 1 aromatic carbocycles. The van der Waals surface area contributed by atoms with Crippen LogP contribution in [0.3, 0.4) is 0 Å².